The molecular weight excluding hydrogens is 769 g/mol. The normalized spacial score (nSPS) is 13.4. The van der Waals surface area contributed by atoms with Crippen molar-refractivity contribution in [2.75, 3.05) is 0 Å². The summed E-state index contributed by atoms with van der Waals surface area (Å²) in [5, 5.41) is 14.7. The molecule has 0 aliphatic heterocycles. The third-order valence-corrected chi connectivity index (χ3v) is 10.1. The van der Waals surface area contributed by atoms with Gasteiger partial charge in [0.1, 0.15) is 6.33 Å². The Labute approximate surface area is 300 Å². The molecule has 0 atom stereocenters. The molecule has 1 heterocycles. The van der Waals surface area contributed by atoms with Crippen LogP contribution in [0.1, 0.15) is 104 Å². The van der Waals surface area contributed by atoms with Crippen LogP contribution in [-0.2, 0) is 30.3 Å². The maximum Gasteiger partial charge on any atom is 0.162 e. The fraction of sp³-hybridized carbons (Fsp3) is 0.372. The number of benzene rings is 4. The molecular formula is C43H49IrN2O2-. The molecule has 1 aliphatic rings. The van der Waals surface area contributed by atoms with Crippen molar-refractivity contribution in [2.45, 2.75) is 92.4 Å². The summed E-state index contributed by atoms with van der Waals surface area (Å²) in [5.74, 6) is 0.963. The van der Waals surface area contributed by atoms with E-state index in [1.54, 1.807) is 6.33 Å². The molecule has 1 aliphatic carbocycles. The number of aliphatic hydroxyl groups excluding tert-OH is 1. The Hall–Kier alpha value is -3.66. The second-order valence-corrected chi connectivity index (χ2v) is 13.7. The Bertz CT molecular complexity index is 1930. The topological polar surface area (TPSA) is 63.1 Å². The van der Waals surface area contributed by atoms with Gasteiger partial charge >= 0.3 is 0 Å². The van der Waals surface area contributed by atoms with Crippen molar-refractivity contribution in [3.63, 3.8) is 0 Å². The van der Waals surface area contributed by atoms with Gasteiger partial charge < -0.3 is 5.11 Å². The number of aromatic nitrogens is 2. The van der Waals surface area contributed by atoms with Gasteiger partial charge in [-0.1, -0.05) is 109 Å². The predicted octanol–water partition coefficient (Wildman–Crippen LogP) is 11.5. The van der Waals surface area contributed by atoms with Crippen LogP contribution in [0, 0.1) is 17.9 Å². The summed E-state index contributed by atoms with van der Waals surface area (Å²) in [6.45, 7) is 17.2. The van der Waals surface area contributed by atoms with Gasteiger partial charge in [0.2, 0.25) is 0 Å². The number of ketones is 1. The van der Waals surface area contributed by atoms with E-state index in [-0.39, 0.29) is 48.9 Å². The molecule has 0 bridgehead atoms. The van der Waals surface area contributed by atoms with E-state index in [2.05, 4.69) is 100 Å². The largest absolute Gasteiger partial charge is 0.512 e. The minimum absolute atomic E-state index is 0. The molecule has 5 heteroatoms. The number of carbonyl (C=O) groups excluding carboxylic acids is 1. The predicted molar refractivity (Wildman–Crippen MR) is 197 cm³/mol. The molecule has 48 heavy (non-hydrogen) atoms. The van der Waals surface area contributed by atoms with Crippen LogP contribution in [0.4, 0.5) is 0 Å². The maximum atomic E-state index is 11.7. The van der Waals surface area contributed by atoms with Gasteiger partial charge in [0.05, 0.1) is 11.5 Å². The molecule has 4 nitrogen and oxygen atoms in total. The Morgan fingerprint density at radius 3 is 2.04 bits per heavy atom. The zero-order valence-corrected chi connectivity index (χ0v) is 32.0. The Morgan fingerprint density at radius 2 is 1.42 bits per heavy atom. The molecule has 5 aromatic rings. The van der Waals surface area contributed by atoms with Crippen molar-refractivity contribution in [3.8, 4) is 22.5 Å². The monoisotopic (exact) mass is 818 g/mol. The first-order chi connectivity index (χ1) is 22.5. The van der Waals surface area contributed by atoms with E-state index >= 15 is 0 Å². The number of aliphatic hydroxyl groups is 1. The van der Waals surface area contributed by atoms with Crippen molar-refractivity contribution in [1.82, 2.24) is 9.97 Å². The zero-order valence-electron chi connectivity index (χ0n) is 29.6. The summed E-state index contributed by atoms with van der Waals surface area (Å²) in [5.41, 5.74) is 7.98. The smallest absolute Gasteiger partial charge is 0.162 e. The van der Waals surface area contributed by atoms with Gasteiger partial charge in [0.25, 0.3) is 0 Å². The third-order valence-electron chi connectivity index (χ3n) is 10.1. The van der Waals surface area contributed by atoms with Crippen LogP contribution in [0.2, 0.25) is 0 Å². The minimum Gasteiger partial charge on any atom is -0.512 e. The SMILES string of the molecule is CC(C)c1cc(-c2ncnc3c2C(C)(C)c2cc4ccccc4cc2-3)[c-]c2ccccc12.CCC(CC)C(=O)/C=C(\O)C(CC)CC.[Ir]. The third kappa shape index (κ3) is 7.19. The Kier molecular flexibility index (Phi) is 12.2. The van der Waals surface area contributed by atoms with E-state index in [0.717, 1.165) is 48.0 Å². The summed E-state index contributed by atoms with van der Waals surface area (Å²) < 4.78 is 0. The van der Waals surface area contributed by atoms with Crippen molar-refractivity contribution in [1.29, 1.82) is 0 Å². The van der Waals surface area contributed by atoms with Crippen LogP contribution in [-0.4, -0.2) is 20.9 Å². The van der Waals surface area contributed by atoms with E-state index in [9.17, 15) is 9.90 Å². The van der Waals surface area contributed by atoms with Gasteiger partial charge in [0.15, 0.2) is 5.78 Å². The van der Waals surface area contributed by atoms with E-state index in [0.29, 0.717) is 5.92 Å². The molecule has 0 unspecified atom stereocenters. The summed E-state index contributed by atoms with van der Waals surface area (Å²) in [6, 6.07) is 27.7. The summed E-state index contributed by atoms with van der Waals surface area (Å²) in [7, 11) is 0. The van der Waals surface area contributed by atoms with Gasteiger partial charge in [-0.2, -0.15) is 0 Å². The first-order valence-electron chi connectivity index (χ1n) is 17.3. The summed E-state index contributed by atoms with van der Waals surface area (Å²) in [4.78, 5) is 21.3. The number of nitrogens with zero attached hydrogens (tertiary/aromatic N) is 2. The molecule has 4 aromatic carbocycles. The van der Waals surface area contributed by atoms with Gasteiger partial charge in [-0.05, 0) is 65.6 Å². The average molecular weight is 818 g/mol. The molecule has 253 valence electrons. The second kappa shape index (κ2) is 15.7. The quantitative estimate of drug-likeness (QED) is 0.0914. The molecule has 1 N–H and O–H groups in total. The first kappa shape index (κ1) is 37.2. The van der Waals surface area contributed by atoms with Crippen molar-refractivity contribution < 1.29 is 30.0 Å². The minimum atomic E-state index is -0.192. The van der Waals surface area contributed by atoms with E-state index in [1.165, 1.54) is 44.5 Å². The van der Waals surface area contributed by atoms with Gasteiger partial charge in [-0.25, -0.2) is 4.98 Å². The number of allylic oxidation sites excluding steroid dienone is 2. The average Bonchev–Trinajstić information content (AvgIpc) is 3.30. The molecule has 0 fully saturated rings. The molecule has 1 aromatic heterocycles. The van der Waals surface area contributed by atoms with E-state index in [1.807, 2.05) is 27.7 Å². The van der Waals surface area contributed by atoms with Crippen LogP contribution in [0.25, 0.3) is 44.1 Å². The number of carbonyl (C=O) groups is 1. The maximum absolute atomic E-state index is 11.7. The van der Waals surface area contributed by atoms with Crippen LogP contribution in [0.15, 0.2) is 84.9 Å². The fourth-order valence-corrected chi connectivity index (χ4v) is 7.12. The fourth-order valence-electron chi connectivity index (χ4n) is 7.12. The van der Waals surface area contributed by atoms with Crippen molar-refractivity contribution in [3.05, 3.63) is 108 Å². The standard InChI is InChI=1S/C30H25N2.C13H24O2.Ir/c1-18(2)24-15-22(13-21-11-7-8-12-23(21)24)28-27-29(32-17-31-28)25-14-19-9-5-6-10-20(19)16-26(25)30(27,3)4;1-5-10(6-2)12(14)9-13(15)11(7-3)8-4;/h5-12,14-18H,1-4H3;9-11,14H,5-8H2,1-4H3;/q-1;;/b;12-9-;. The summed E-state index contributed by atoms with van der Waals surface area (Å²) >= 11 is 0. The van der Waals surface area contributed by atoms with Crippen LogP contribution >= 0.6 is 0 Å². The van der Waals surface area contributed by atoms with Crippen LogP contribution in [0.5, 0.6) is 0 Å². The molecule has 1 radical (unpaired) electrons. The molecule has 0 saturated carbocycles. The van der Waals surface area contributed by atoms with Crippen molar-refractivity contribution >= 4 is 27.3 Å². The van der Waals surface area contributed by atoms with Gasteiger partial charge in [-0.15, -0.1) is 29.1 Å². The molecule has 0 amide bonds. The Balaban J connectivity index is 0.000000279. The zero-order chi connectivity index (χ0) is 33.9. The van der Waals surface area contributed by atoms with Gasteiger partial charge in [0, 0.05) is 54.7 Å². The number of hydrogen-bond acceptors (Lipinski definition) is 4. The molecule has 0 saturated heterocycles. The Morgan fingerprint density at radius 1 is 0.833 bits per heavy atom. The van der Waals surface area contributed by atoms with E-state index in [4.69, 9.17) is 9.97 Å². The number of fused-ring (bicyclic) bond motifs is 5. The van der Waals surface area contributed by atoms with Crippen molar-refractivity contribution in [2.24, 2.45) is 11.8 Å². The first-order valence-corrected chi connectivity index (χ1v) is 17.3. The molecule has 0 spiro atoms. The number of rotatable bonds is 9. The molecule has 6 rings (SSSR count). The van der Waals surface area contributed by atoms with Crippen LogP contribution < -0.4 is 0 Å². The van der Waals surface area contributed by atoms with Crippen LogP contribution in [0.3, 0.4) is 0 Å². The second-order valence-electron chi connectivity index (χ2n) is 13.7. The van der Waals surface area contributed by atoms with Gasteiger partial charge in [-0.3, -0.25) is 9.78 Å². The number of hydrogen-bond donors (Lipinski definition) is 1. The van der Waals surface area contributed by atoms with E-state index < -0.39 is 0 Å². The summed E-state index contributed by atoms with van der Waals surface area (Å²) in [6.07, 6.45) is 6.62.